The van der Waals surface area contributed by atoms with Crippen LogP contribution in [0.25, 0.3) is 22.6 Å². The van der Waals surface area contributed by atoms with Gasteiger partial charge in [-0.15, -0.1) is 10.2 Å². The largest absolute Gasteiger partial charge is 0.495 e. The van der Waals surface area contributed by atoms with Gasteiger partial charge in [0.05, 0.1) is 18.9 Å². The molecule has 238 valence electrons. The van der Waals surface area contributed by atoms with Gasteiger partial charge >= 0.3 is 12.4 Å². The molecule has 2 aromatic heterocycles. The summed E-state index contributed by atoms with van der Waals surface area (Å²) in [5, 5.41) is 10.2. The summed E-state index contributed by atoms with van der Waals surface area (Å²) in [5.74, 6) is -1.93. The van der Waals surface area contributed by atoms with Crippen LogP contribution in [0.15, 0.2) is 63.9 Å². The lowest BCUT2D eigenvalue weighted by molar-refractivity contribution is -0.119. The Morgan fingerprint density at radius 2 is 1.73 bits per heavy atom. The molecule has 0 spiro atoms. The molecule has 0 fully saturated rings. The first-order chi connectivity index (χ1) is 21.3. The highest BCUT2D eigenvalue weighted by atomic mass is 35.5. The van der Waals surface area contributed by atoms with Crippen molar-refractivity contribution < 1.29 is 37.0 Å². The number of aromatic nitrogens is 3. The van der Waals surface area contributed by atoms with E-state index in [1.54, 1.807) is 32.9 Å². The second kappa shape index (κ2) is 14.0. The van der Waals surface area contributed by atoms with Crippen LogP contribution in [0.5, 0.6) is 5.75 Å². The SMILES string of the molecule is COCCC(C(=O)Nc1ccc(C(=O)OC(C)(C)C)cc1)n1cc(OC)c(-c2cc(Cl)ccc2-c2nnc(C(F)F)o2)cc1=O. The number of alkyl halides is 2. The second-order valence-electron chi connectivity index (χ2n) is 10.8. The van der Waals surface area contributed by atoms with E-state index in [4.69, 9.17) is 30.2 Å². The number of hydrogen-bond donors (Lipinski definition) is 1. The number of pyridine rings is 1. The molecular formula is C31H31ClF2N4O7. The van der Waals surface area contributed by atoms with Gasteiger partial charge in [0.1, 0.15) is 17.4 Å². The van der Waals surface area contributed by atoms with Gasteiger partial charge in [-0.2, -0.15) is 8.78 Å². The van der Waals surface area contributed by atoms with Crippen molar-refractivity contribution in [3.63, 3.8) is 0 Å². The number of methoxy groups -OCH3 is 2. The van der Waals surface area contributed by atoms with E-state index in [9.17, 15) is 23.2 Å². The van der Waals surface area contributed by atoms with Gasteiger partial charge in [-0.25, -0.2) is 4.79 Å². The lowest BCUT2D eigenvalue weighted by atomic mass is 9.99. The number of hydrogen-bond acceptors (Lipinski definition) is 9. The molecule has 0 saturated heterocycles. The number of carbonyl (C=O) groups is 2. The van der Waals surface area contributed by atoms with Gasteiger partial charge in [0.15, 0.2) is 0 Å². The summed E-state index contributed by atoms with van der Waals surface area (Å²) in [4.78, 5) is 39.4. The number of rotatable bonds is 11. The first-order valence-electron chi connectivity index (χ1n) is 13.7. The molecule has 0 bridgehead atoms. The third kappa shape index (κ3) is 8.11. The topological polar surface area (TPSA) is 135 Å². The molecule has 0 radical (unpaired) electrons. The number of halogens is 3. The smallest absolute Gasteiger partial charge is 0.338 e. The number of carbonyl (C=O) groups excluding carboxylic acids is 2. The van der Waals surface area contributed by atoms with Crippen LogP contribution in [0.4, 0.5) is 14.5 Å². The molecule has 0 aliphatic rings. The highest BCUT2D eigenvalue weighted by molar-refractivity contribution is 6.31. The van der Waals surface area contributed by atoms with Gasteiger partial charge in [-0.05, 0) is 68.8 Å². The number of benzene rings is 2. The molecule has 11 nitrogen and oxygen atoms in total. The van der Waals surface area contributed by atoms with Crippen molar-refractivity contribution >= 4 is 29.2 Å². The molecule has 1 unspecified atom stereocenters. The van der Waals surface area contributed by atoms with Gasteiger partial charge in [-0.1, -0.05) is 11.6 Å². The molecule has 4 rings (SSSR count). The zero-order chi connectivity index (χ0) is 32.9. The van der Waals surface area contributed by atoms with E-state index in [0.717, 1.165) is 0 Å². The maximum Gasteiger partial charge on any atom is 0.338 e. The number of anilines is 1. The summed E-state index contributed by atoms with van der Waals surface area (Å²) in [6.07, 6.45) is -1.48. The van der Waals surface area contributed by atoms with Crippen LogP contribution in [0.1, 0.15) is 55.9 Å². The number of ether oxygens (including phenoxy) is 3. The lowest BCUT2D eigenvalue weighted by Gasteiger charge is -2.22. The van der Waals surface area contributed by atoms with Crippen LogP contribution in [0.2, 0.25) is 5.02 Å². The fourth-order valence-electron chi connectivity index (χ4n) is 4.38. The van der Waals surface area contributed by atoms with Crippen molar-refractivity contribution in [2.45, 2.75) is 45.3 Å². The summed E-state index contributed by atoms with van der Waals surface area (Å²) >= 11 is 6.25. The summed E-state index contributed by atoms with van der Waals surface area (Å²) in [6, 6.07) is 10.8. The van der Waals surface area contributed by atoms with Crippen LogP contribution >= 0.6 is 11.6 Å². The minimum Gasteiger partial charge on any atom is -0.495 e. The minimum absolute atomic E-state index is 0.127. The Morgan fingerprint density at radius 3 is 2.33 bits per heavy atom. The Bertz CT molecular complexity index is 1730. The van der Waals surface area contributed by atoms with E-state index in [1.807, 2.05) is 0 Å². The third-order valence-corrected chi connectivity index (χ3v) is 6.65. The van der Waals surface area contributed by atoms with E-state index in [-0.39, 0.29) is 40.8 Å². The van der Waals surface area contributed by atoms with Gasteiger partial charge < -0.3 is 23.9 Å². The summed E-state index contributed by atoms with van der Waals surface area (Å²) < 4.78 is 48.8. The van der Waals surface area contributed by atoms with Gasteiger partial charge in [0, 0.05) is 48.0 Å². The van der Waals surface area contributed by atoms with E-state index in [0.29, 0.717) is 16.8 Å². The predicted molar refractivity (Wildman–Crippen MR) is 162 cm³/mol. The molecule has 1 atom stereocenters. The van der Waals surface area contributed by atoms with E-state index in [2.05, 4.69) is 15.5 Å². The quantitative estimate of drug-likeness (QED) is 0.186. The fraction of sp³-hybridized carbons (Fsp3) is 0.323. The number of nitrogens with one attached hydrogen (secondary N) is 1. The molecule has 0 aliphatic carbocycles. The maximum absolute atomic E-state index is 13.6. The van der Waals surface area contributed by atoms with Gasteiger partial charge in [0.2, 0.25) is 11.8 Å². The average molecular weight is 645 g/mol. The zero-order valence-electron chi connectivity index (χ0n) is 25.1. The van der Waals surface area contributed by atoms with E-state index >= 15 is 0 Å². The molecule has 4 aromatic rings. The predicted octanol–water partition coefficient (Wildman–Crippen LogP) is 6.34. The second-order valence-corrected chi connectivity index (χ2v) is 11.2. The first kappa shape index (κ1) is 33.3. The molecule has 0 saturated carbocycles. The first-order valence-corrected chi connectivity index (χ1v) is 14.0. The van der Waals surface area contributed by atoms with Gasteiger partial charge in [0.25, 0.3) is 11.4 Å². The number of esters is 1. The van der Waals surface area contributed by atoms with E-state index in [1.165, 1.54) is 61.4 Å². The molecule has 1 amide bonds. The molecule has 0 aliphatic heterocycles. The Morgan fingerprint density at radius 1 is 1.02 bits per heavy atom. The average Bonchev–Trinajstić information content (AvgIpc) is 3.48. The zero-order valence-corrected chi connectivity index (χ0v) is 25.9. The Labute approximate surface area is 262 Å². The van der Waals surface area contributed by atoms with Crippen LogP contribution in [-0.2, 0) is 14.3 Å². The minimum atomic E-state index is -2.97. The number of nitrogens with zero attached hydrogens (tertiary/aromatic N) is 3. The Hall–Kier alpha value is -4.62. The standard InChI is InChI=1S/C31H31ClF2N4O7/c1-31(2,3)45-30(41)17-6-9-19(10-7-17)35-27(40)23(12-13-42-4)38-16-24(43-5)22(15-25(38)39)21-14-18(32)8-11-20(21)28-36-37-29(44-28)26(33)34/h6-11,14-16,23,26H,12-13H2,1-5H3,(H,35,40). The third-order valence-electron chi connectivity index (χ3n) is 6.41. The van der Waals surface area contributed by atoms with Crippen molar-refractivity contribution in [2.75, 3.05) is 26.1 Å². The summed E-state index contributed by atoms with van der Waals surface area (Å²) in [6.45, 7) is 5.43. The van der Waals surface area contributed by atoms with Crippen LogP contribution in [0.3, 0.4) is 0 Å². The highest BCUT2D eigenvalue weighted by Gasteiger charge is 2.26. The molecule has 2 heterocycles. The highest BCUT2D eigenvalue weighted by Crippen LogP contribution is 2.38. The lowest BCUT2D eigenvalue weighted by Crippen LogP contribution is -2.34. The molecule has 45 heavy (non-hydrogen) atoms. The fourth-order valence-corrected chi connectivity index (χ4v) is 4.55. The summed E-state index contributed by atoms with van der Waals surface area (Å²) in [7, 11) is 2.84. The van der Waals surface area contributed by atoms with Crippen molar-refractivity contribution in [2.24, 2.45) is 0 Å². The Balaban J connectivity index is 1.68. The van der Waals surface area contributed by atoms with Crippen molar-refractivity contribution in [3.05, 3.63) is 81.6 Å². The van der Waals surface area contributed by atoms with Gasteiger partial charge in [-0.3, -0.25) is 14.2 Å². The normalized spacial score (nSPS) is 12.2. The maximum atomic E-state index is 13.6. The van der Waals surface area contributed by atoms with Crippen LogP contribution < -0.4 is 15.6 Å². The molecule has 2 aromatic carbocycles. The molecular weight excluding hydrogens is 614 g/mol. The van der Waals surface area contributed by atoms with Crippen LogP contribution in [0, 0.1) is 0 Å². The molecule has 14 heteroatoms. The number of amides is 1. The Kier molecular flexibility index (Phi) is 10.3. The molecule has 1 N–H and O–H groups in total. The van der Waals surface area contributed by atoms with Crippen molar-refractivity contribution in [1.29, 1.82) is 0 Å². The summed E-state index contributed by atoms with van der Waals surface area (Å²) in [5.41, 5.74) is 0.235. The van der Waals surface area contributed by atoms with Crippen molar-refractivity contribution in [3.8, 4) is 28.3 Å². The van der Waals surface area contributed by atoms with E-state index < -0.39 is 41.4 Å². The van der Waals surface area contributed by atoms with Crippen molar-refractivity contribution in [1.82, 2.24) is 14.8 Å². The van der Waals surface area contributed by atoms with Crippen LogP contribution in [-0.4, -0.2) is 53.1 Å². The monoisotopic (exact) mass is 644 g/mol.